The fourth-order valence-corrected chi connectivity index (χ4v) is 1.15. The Morgan fingerprint density at radius 2 is 2.21 bits per heavy atom. The number of esters is 1. The first-order valence-corrected chi connectivity index (χ1v) is 4.69. The number of hydrogen-bond acceptors (Lipinski definition) is 4. The maximum atomic E-state index is 12.3. The molecule has 0 spiro atoms. The lowest BCUT2D eigenvalue weighted by Gasteiger charge is -2.40. The Hall–Kier alpha value is -0.360. The van der Waals surface area contributed by atoms with Gasteiger partial charge in [-0.1, -0.05) is 19.6 Å². The number of halogens is 2. The number of alkyl halides is 2. The largest absolute Gasteiger partial charge is 0.460 e. The van der Waals surface area contributed by atoms with E-state index in [-0.39, 0.29) is 12.0 Å². The van der Waals surface area contributed by atoms with Crippen LogP contribution < -0.4 is 0 Å². The van der Waals surface area contributed by atoms with Crippen molar-refractivity contribution in [2.75, 3.05) is 19.8 Å². The standard InChI is InChI=1S/C8H12F2O3S/c1-2-7(3-12-4-7)5-13-6(11)8(9,10)14/h14H,2-5H2,1H3. The molecule has 3 nitrogen and oxygen atoms in total. The molecule has 82 valence electrons. The smallest absolute Gasteiger partial charge is 0.388 e. The van der Waals surface area contributed by atoms with Crippen LogP contribution in [0, 0.1) is 5.41 Å². The molecule has 0 amide bonds. The highest BCUT2D eigenvalue weighted by atomic mass is 32.1. The molecule has 0 saturated carbocycles. The second-order valence-corrected chi connectivity index (χ2v) is 4.03. The van der Waals surface area contributed by atoms with Crippen molar-refractivity contribution in [3.63, 3.8) is 0 Å². The van der Waals surface area contributed by atoms with E-state index in [1.165, 1.54) is 0 Å². The van der Waals surface area contributed by atoms with E-state index >= 15 is 0 Å². The van der Waals surface area contributed by atoms with Crippen LogP contribution in [0.4, 0.5) is 8.78 Å². The van der Waals surface area contributed by atoms with Crippen molar-refractivity contribution in [1.82, 2.24) is 0 Å². The third kappa shape index (κ3) is 2.57. The highest BCUT2D eigenvalue weighted by Gasteiger charge is 2.42. The topological polar surface area (TPSA) is 35.5 Å². The first-order chi connectivity index (χ1) is 6.40. The van der Waals surface area contributed by atoms with Gasteiger partial charge in [0.2, 0.25) is 0 Å². The predicted molar refractivity (Wildman–Crippen MR) is 48.4 cm³/mol. The maximum absolute atomic E-state index is 12.3. The molecule has 0 bridgehead atoms. The van der Waals surface area contributed by atoms with Gasteiger partial charge in [0.15, 0.2) is 0 Å². The van der Waals surface area contributed by atoms with Crippen LogP contribution in [-0.2, 0) is 14.3 Å². The number of ether oxygens (including phenoxy) is 2. The minimum absolute atomic E-state index is 0.0293. The van der Waals surface area contributed by atoms with E-state index in [9.17, 15) is 13.6 Å². The Labute approximate surface area is 86.2 Å². The minimum atomic E-state index is -3.71. The van der Waals surface area contributed by atoms with Gasteiger partial charge in [0.05, 0.1) is 18.6 Å². The van der Waals surface area contributed by atoms with Crippen molar-refractivity contribution >= 4 is 18.6 Å². The summed E-state index contributed by atoms with van der Waals surface area (Å²) in [5.41, 5.74) is -0.269. The minimum Gasteiger partial charge on any atom is -0.460 e. The summed E-state index contributed by atoms with van der Waals surface area (Å²) in [6, 6.07) is 0. The zero-order valence-electron chi connectivity index (χ0n) is 7.76. The summed E-state index contributed by atoms with van der Waals surface area (Å²) in [5.74, 6) is -1.60. The lowest BCUT2D eigenvalue weighted by molar-refractivity contribution is -0.182. The average Bonchev–Trinajstić information content (AvgIpc) is 2.01. The van der Waals surface area contributed by atoms with Crippen LogP contribution in [-0.4, -0.2) is 31.0 Å². The van der Waals surface area contributed by atoms with Crippen LogP contribution in [0.2, 0.25) is 0 Å². The van der Waals surface area contributed by atoms with Crippen molar-refractivity contribution in [1.29, 1.82) is 0 Å². The molecule has 0 atom stereocenters. The van der Waals surface area contributed by atoms with Gasteiger partial charge in [-0.15, -0.1) is 0 Å². The van der Waals surface area contributed by atoms with E-state index in [1.54, 1.807) is 0 Å². The molecular formula is C8H12F2O3S. The van der Waals surface area contributed by atoms with Gasteiger partial charge in [-0.2, -0.15) is 8.78 Å². The van der Waals surface area contributed by atoms with E-state index in [0.717, 1.165) is 6.42 Å². The molecule has 0 aromatic heterocycles. The molecule has 1 aliphatic rings. The summed E-state index contributed by atoms with van der Waals surface area (Å²) in [6.07, 6.45) is 0.735. The lowest BCUT2D eigenvalue weighted by Crippen LogP contribution is -2.47. The molecule has 0 radical (unpaired) electrons. The van der Waals surface area contributed by atoms with E-state index < -0.39 is 11.2 Å². The average molecular weight is 226 g/mol. The van der Waals surface area contributed by atoms with Gasteiger partial charge in [-0.05, 0) is 6.42 Å². The molecule has 1 aliphatic heterocycles. The number of rotatable bonds is 4. The van der Waals surface area contributed by atoms with Crippen molar-refractivity contribution in [2.45, 2.75) is 18.6 Å². The summed E-state index contributed by atoms with van der Waals surface area (Å²) in [7, 11) is 0. The molecule has 0 aromatic rings. The summed E-state index contributed by atoms with van der Waals surface area (Å²) >= 11 is 2.82. The summed E-state index contributed by atoms with van der Waals surface area (Å²) in [6.45, 7) is 2.78. The van der Waals surface area contributed by atoms with Gasteiger partial charge >= 0.3 is 11.2 Å². The molecule has 1 fully saturated rings. The van der Waals surface area contributed by atoms with Crippen LogP contribution in [0.1, 0.15) is 13.3 Å². The van der Waals surface area contributed by atoms with Crippen LogP contribution in [0.5, 0.6) is 0 Å². The maximum Gasteiger partial charge on any atom is 0.388 e. The zero-order valence-corrected chi connectivity index (χ0v) is 8.65. The molecular weight excluding hydrogens is 214 g/mol. The molecule has 1 heterocycles. The SMILES string of the molecule is CCC1(COC(=O)C(F)(F)S)COC1. The van der Waals surface area contributed by atoms with E-state index in [2.05, 4.69) is 17.4 Å². The fourth-order valence-electron chi connectivity index (χ4n) is 1.09. The van der Waals surface area contributed by atoms with Crippen molar-refractivity contribution in [2.24, 2.45) is 5.41 Å². The molecule has 1 saturated heterocycles. The molecule has 0 N–H and O–H groups in total. The van der Waals surface area contributed by atoms with Crippen LogP contribution in [0.15, 0.2) is 0 Å². The summed E-state index contributed by atoms with van der Waals surface area (Å²) in [5, 5.41) is -3.71. The number of carbonyl (C=O) groups excluding carboxylic acids is 1. The lowest BCUT2D eigenvalue weighted by atomic mass is 9.84. The van der Waals surface area contributed by atoms with Gasteiger partial charge in [-0.3, -0.25) is 0 Å². The first-order valence-electron chi connectivity index (χ1n) is 4.25. The summed E-state index contributed by atoms with van der Waals surface area (Å²) in [4.78, 5) is 10.7. The Kier molecular flexibility index (Phi) is 3.36. The van der Waals surface area contributed by atoms with Crippen LogP contribution in [0.3, 0.4) is 0 Å². The second-order valence-electron chi connectivity index (χ2n) is 3.46. The summed E-state index contributed by atoms with van der Waals surface area (Å²) < 4.78 is 34.0. The first kappa shape index (κ1) is 11.7. The molecule has 14 heavy (non-hydrogen) atoms. The quantitative estimate of drug-likeness (QED) is 0.582. The number of carbonyl (C=O) groups is 1. The van der Waals surface area contributed by atoms with Crippen molar-refractivity contribution in [3.05, 3.63) is 0 Å². The fraction of sp³-hybridized carbons (Fsp3) is 0.875. The van der Waals surface area contributed by atoms with E-state index in [0.29, 0.717) is 13.2 Å². The highest BCUT2D eigenvalue weighted by molar-refractivity contribution is 7.82. The van der Waals surface area contributed by atoms with E-state index in [1.807, 2.05) is 6.92 Å². The molecule has 1 rings (SSSR count). The van der Waals surface area contributed by atoms with E-state index in [4.69, 9.17) is 4.74 Å². The van der Waals surface area contributed by atoms with Crippen molar-refractivity contribution < 1.29 is 23.0 Å². The third-order valence-corrected chi connectivity index (χ3v) is 2.50. The monoisotopic (exact) mass is 226 g/mol. The highest BCUT2D eigenvalue weighted by Crippen LogP contribution is 2.32. The van der Waals surface area contributed by atoms with Gasteiger partial charge in [0.25, 0.3) is 0 Å². The molecule has 0 aliphatic carbocycles. The molecule has 0 aromatic carbocycles. The molecule has 0 unspecified atom stereocenters. The van der Waals surface area contributed by atoms with Gasteiger partial charge in [0, 0.05) is 0 Å². The van der Waals surface area contributed by atoms with Gasteiger partial charge < -0.3 is 9.47 Å². The van der Waals surface area contributed by atoms with Crippen LogP contribution in [0.25, 0.3) is 0 Å². The Bertz CT molecular complexity index is 218. The Balaban J connectivity index is 2.36. The Morgan fingerprint density at radius 1 is 1.64 bits per heavy atom. The Morgan fingerprint density at radius 3 is 2.50 bits per heavy atom. The number of thiol groups is 1. The second kappa shape index (κ2) is 4.02. The normalized spacial score (nSPS) is 20.0. The van der Waals surface area contributed by atoms with Crippen LogP contribution >= 0.6 is 12.6 Å². The zero-order chi connectivity index (χ0) is 10.8. The van der Waals surface area contributed by atoms with Gasteiger partial charge in [-0.25, -0.2) is 4.79 Å². The number of hydrogen-bond donors (Lipinski definition) is 1. The van der Waals surface area contributed by atoms with Crippen molar-refractivity contribution in [3.8, 4) is 0 Å². The van der Waals surface area contributed by atoms with Gasteiger partial charge in [0.1, 0.15) is 6.61 Å². The third-order valence-electron chi connectivity index (χ3n) is 2.32. The predicted octanol–water partition coefficient (Wildman–Crippen LogP) is 1.48. The molecule has 6 heteroatoms.